The number of halogens is 1. The molecule has 1 heterocycles. The van der Waals surface area contributed by atoms with Crippen LogP contribution in [0.1, 0.15) is 27.7 Å². The monoisotopic (exact) mass is 431 g/mol. The molecule has 1 atom stereocenters. The quantitative estimate of drug-likeness (QED) is 0.420. The van der Waals surface area contributed by atoms with Crippen LogP contribution >= 0.6 is 47.5 Å². The van der Waals surface area contributed by atoms with Gasteiger partial charge in [-0.15, -0.1) is 24.0 Å². The van der Waals surface area contributed by atoms with Gasteiger partial charge in [0.05, 0.1) is 0 Å². The predicted molar refractivity (Wildman–Crippen MR) is 107 cm³/mol. The third-order valence-electron chi connectivity index (χ3n) is 3.57. The first-order valence-corrected chi connectivity index (χ1v) is 9.29. The summed E-state index contributed by atoms with van der Waals surface area (Å²) in [6, 6.07) is 0. The summed E-state index contributed by atoms with van der Waals surface area (Å²) in [6.07, 6.45) is 2.16. The molecule has 1 aliphatic rings. The van der Waals surface area contributed by atoms with Gasteiger partial charge in [-0.25, -0.2) is 0 Å². The van der Waals surface area contributed by atoms with Gasteiger partial charge in [-0.2, -0.15) is 23.5 Å². The van der Waals surface area contributed by atoms with Crippen molar-refractivity contribution in [2.75, 3.05) is 38.7 Å². The zero-order valence-electron chi connectivity index (χ0n) is 13.6. The summed E-state index contributed by atoms with van der Waals surface area (Å²) in [7, 11) is 1.89. The fourth-order valence-corrected chi connectivity index (χ4v) is 3.48. The zero-order valence-corrected chi connectivity index (χ0v) is 17.6. The molecule has 0 spiro atoms. The predicted octanol–water partition coefficient (Wildman–Crippen LogP) is 3.39. The van der Waals surface area contributed by atoms with Gasteiger partial charge in [0.2, 0.25) is 0 Å². The van der Waals surface area contributed by atoms with Crippen LogP contribution in [-0.2, 0) is 0 Å². The van der Waals surface area contributed by atoms with Crippen molar-refractivity contribution in [2.45, 2.75) is 37.7 Å². The van der Waals surface area contributed by atoms with E-state index in [1.165, 1.54) is 5.75 Å². The third kappa shape index (κ3) is 6.64. The van der Waals surface area contributed by atoms with E-state index >= 15 is 0 Å². The highest BCUT2D eigenvalue weighted by Crippen LogP contribution is 2.25. The van der Waals surface area contributed by atoms with Gasteiger partial charge in [0.15, 0.2) is 5.96 Å². The van der Waals surface area contributed by atoms with Crippen molar-refractivity contribution >= 4 is 53.5 Å². The molecule has 0 saturated carbocycles. The summed E-state index contributed by atoms with van der Waals surface area (Å²) in [5, 5.41) is 4.26. The van der Waals surface area contributed by atoms with E-state index in [1.54, 1.807) is 0 Å². The van der Waals surface area contributed by atoms with Gasteiger partial charge in [0, 0.05) is 42.4 Å². The van der Waals surface area contributed by atoms with Gasteiger partial charge >= 0.3 is 0 Å². The molecule has 1 rings (SSSR count). The van der Waals surface area contributed by atoms with Crippen molar-refractivity contribution in [1.82, 2.24) is 10.2 Å². The first-order chi connectivity index (χ1) is 8.89. The van der Waals surface area contributed by atoms with E-state index in [4.69, 9.17) is 0 Å². The van der Waals surface area contributed by atoms with E-state index in [0.29, 0.717) is 0 Å². The average molecular weight is 431 g/mol. The molecule has 1 fully saturated rings. The van der Waals surface area contributed by atoms with E-state index in [2.05, 4.69) is 60.9 Å². The fourth-order valence-electron chi connectivity index (χ4n) is 1.97. The van der Waals surface area contributed by atoms with Crippen molar-refractivity contribution in [3.8, 4) is 0 Å². The number of rotatable bonds is 4. The Kier molecular flexibility index (Phi) is 10.0. The Bertz CT molecular complexity index is 309. The zero-order chi connectivity index (χ0) is 14.5. The average Bonchev–Trinajstić information content (AvgIpc) is 2.39. The standard InChI is InChI=1S/C14H29N3S2.HI/c1-11(2)12-9-17(7-8-19-12)13(15-5)16-10-14(3,4)18-6;/h11-12H,7-10H2,1-6H3,(H,15,16);1H. The molecule has 0 aromatic rings. The number of nitrogens with one attached hydrogen (secondary N) is 1. The molecule has 1 saturated heterocycles. The van der Waals surface area contributed by atoms with Gasteiger partial charge in [-0.05, 0) is 26.0 Å². The van der Waals surface area contributed by atoms with Crippen molar-refractivity contribution in [3.05, 3.63) is 0 Å². The fraction of sp³-hybridized carbons (Fsp3) is 0.929. The Labute approximate surface area is 150 Å². The third-order valence-corrected chi connectivity index (χ3v) is 6.36. The lowest BCUT2D eigenvalue weighted by Crippen LogP contribution is -2.51. The number of thioether (sulfide) groups is 2. The lowest BCUT2D eigenvalue weighted by atomic mass is 10.1. The molecule has 0 radical (unpaired) electrons. The topological polar surface area (TPSA) is 27.6 Å². The summed E-state index contributed by atoms with van der Waals surface area (Å²) < 4.78 is 0.248. The second-order valence-electron chi connectivity index (χ2n) is 5.96. The normalized spacial score (nSPS) is 20.9. The van der Waals surface area contributed by atoms with Gasteiger partial charge in [0.1, 0.15) is 0 Å². The molecule has 1 unspecified atom stereocenters. The van der Waals surface area contributed by atoms with Crippen LogP contribution in [0.4, 0.5) is 0 Å². The van der Waals surface area contributed by atoms with Crippen LogP contribution in [0, 0.1) is 5.92 Å². The van der Waals surface area contributed by atoms with Gasteiger partial charge in [-0.3, -0.25) is 4.99 Å². The van der Waals surface area contributed by atoms with Crippen LogP contribution in [0.2, 0.25) is 0 Å². The van der Waals surface area contributed by atoms with E-state index in [1.807, 2.05) is 18.8 Å². The molecular formula is C14H30IN3S2. The Morgan fingerprint density at radius 1 is 1.50 bits per heavy atom. The summed E-state index contributed by atoms with van der Waals surface area (Å²) in [6.45, 7) is 12.3. The highest BCUT2D eigenvalue weighted by molar-refractivity contribution is 14.0. The van der Waals surface area contributed by atoms with E-state index in [9.17, 15) is 0 Å². The molecule has 0 aliphatic carbocycles. The summed E-state index contributed by atoms with van der Waals surface area (Å²) in [5.74, 6) is 3.00. The summed E-state index contributed by atoms with van der Waals surface area (Å²) in [5.41, 5.74) is 0. The Hall–Kier alpha value is 0.700. The molecule has 120 valence electrons. The van der Waals surface area contributed by atoms with Gasteiger partial charge < -0.3 is 10.2 Å². The molecule has 0 aromatic heterocycles. The Morgan fingerprint density at radius 2 is 2.15 bits per heavy atom. The maximum absolute atomic E-state index is 4.46. The molecule has 0 aromatic carbocycles. The van der Waals surface area contributed by atoms with Gasteiger partial charge in [-0.1, -0.05) is 13.8 Å². The Balaban J connectivity index is 0.00000361. The molecule has 0 bridgehead atoms. The maximum Gasteiger partial charge on any atom is 0.193 e. The Morgan fingerprint density at radius 3 is 2.65 bits per heavy atom. The second kappa shape index (κ2) is 9.66. The molecule has 1 N–H and O–H groups in total. The maximum atomic E-state index is 4.46. The molecule has 0 amide bonds. The van der Waals surface area contributed by atoms with Crippen LogP contribution in [0.15, 0.2) is 4.99 Å². The smallest absolute Gasteiger partial charge is 0.193 e. The minimum absolute atomic E-state index is 0. The van der Waals surface area contributed by atoms with Crippen LogP contribution in [0.25, 0.3) is 0 Å². The van der Waals surface area contributed by atoms with Crippen LogP contribution in [0.5, 0.6) is 0 Å². The first-order valence-electron chi connectivity index (χ1n) is 7.02. The number of nitrogens with zero attached hydrogens (tertiary/aromatic N) is 2. The van der Waals surface area contributed by atoms with Crippen LogP contribution in [0.3, 0.4) is 0 Å². The van der Waals surface area contributed by atoms with Crippen LogP contribution < -0.4 is 5.32 Å². The number of hydrogen-bond donors (Lipinski definition) is 1. The minimum Gasteiger partial charge on any atom is -0.355 e. The van der Waals surface area contributed by atoms with E-state index in [0.717, 1.165) is 36.8 Å². The lowest BCUT2D eigenvalue weighted by Gasteiger charge is -2.37. The van der Waals surface area contributed by atoms with Crippen molar-refractivity contribution < 1.29 is 0 Å². The van der Waals surface area contributed by atoms with Crippen molar-refractivity contribution in [1.29, 1.82) is 0 Å². The van der Waals surface area contributed by atoms with Gasteiger partial charge in [0.25, 0.3) is 0 Å². The van der Waals surface area contributed by atoms with E-state index < -0.39 is 0 Å². The number of guanidine groups is 1. The molecule has 1 aliphatic heterocycles. The SMILES string of the molecule is CN=C(NCC(C)(C)SC)N1CCSC(C(C)C)C1.I. The number of hydrogen-bond acceptors (Lipinski definition) is 3. The highest BCUT2D eigenvalue weighted by atomic mass is 127. The summed E-state index contributed by atoms with van der Waals surface area (Å²) >= 11 is 3.99. The highest BCUT2D eigenvalue weighted by Gasteiger charge is 2.25. The van der Waals surface area contributed by atoms with Crippen LogP contribution in [-0.4, -0.2) is 59.5 Å². The molecule has 3 nitrogen and oxygen atoms in total. The summed E-state index contributed by atoms with van der Waals surface area (Å²) in [4.78, 5) is 6.87. The largest absolute Gasteiger partial charge is 0.355 e. The van der Waals surface area contributed by atoms with Crippen molar-refractivity contribution in [2.24, 2.45) is 10.9 Å². The second-order valence-corrected chi connectivity index (χ2v) is 8.82. The number of aliphatic imine (C=N–C) groups is 1. The first kappa shape index (κ1) is 20.7. The van der Waals surface area contributed by atoms with E-state index in [-0.39, 0.29) is 28.7 Å². The van der Waals surface area contributed by atoms with Crippen molar-refractivity contribution in [3.63, 3.8) is 0 Å². The lowest BCUT2D eigenvalue weighted by molar-refractivity contribution is 0.379. The molecular weight excluding hydrogens is 401 g/mol. The molecule has 20 heavy (non-hydrogen) atoms. The minimum atomic E-state index is 0. The molecule has 6 heteroatoms.